The van der Waals surface area contributed by atoms with Crippen molar-refractivity contribution in [2.24, 2.45) is 5.92 Å². The largest absolute Gasteiger partial charge is 0.338 e. The number of benzene rings is 1. The lowest BCUT2D eigenvalue weighted by Gasteiger charge is -2.15. The molecule has 2 amide bonds. The first-order valence-corrected chi connectivity index (χ1v) is 7.83. The first kappa shape index (κ1) is 16.5. The van der Waals surface area contributed by atoms with E-state index in [9.17, 15) is 4.79 Å². The summed E-state index contributed by atoms with van der Waals surface area (Å²) in [5.41, 5.74) is 2.13. The van der Waals surface area contributed by atoms with Crippen LogP contribution in [0.3, 0.4) is 0 Å². The Balaban J connectivity index is 2.34. The molecule has 0 spiro atoms. The van der Waals surface area contributed by atoms with Crippen molar-refractivity contribution < 1.29 is 4.79 Å². The normalized spacial score (nSPS) is 11.9. The molecular formula is C17H28N2O. The summed E-state index contributed by atoms with van der Waals surface area (Å²) in [5, 5.41) is 5.85. The first-order valence-electron chi connectivity index (χ1n) is 7.83. The summed E-state index contributed by atoms with van der Waals surface area (Å²) in [6, 6.07) is 7.89. The molecule has 1 aromatic rings. The topological polar surface area (TPSA) is 41.1 Å². The molecule has 20 heavy (non-hydrogen) atoms. The highest BCUT2D eigenvalue weighted by Crippen LogP contribution is 2.12. The zero-order chi connectivity index (χ0) is 14.8. The van der Waals surface area contributed by atoms with E-state index in [2.05, 4.69) is 31.4 Å². The van der Waals surface area contributed by atoms with Crippen LogP contribution in [-0.4, -0.2) is 12.6 Å². The minimum Gasteiger partial charge on any atom is -0.338 e. The van der Waals surface area contributed by atoms with Crippen LogP contribution in [0, 0.1) is 5.92 Å². The van der Waals surface area contributed by atoms with Gasteiger partial charge in [-0.3, -0.25) is 0 Å². The van der Waals surface area contributed by atoms with Gasteiger partial charge in [0, 0.05) is 12.2 Å². The van der Waals surface area contributed by atoms with Crippen LogP contribution < -0.4 is 10.6 Å². The Bertz CT molecular complexity index is 386. The molecule has 0 heterocycles. The van der Waals surface area contributed by atoms with Crippen molar-refractivity contribution in [3.8, 4) is 0 Å². The zero-order valence-electron chi connectivity index (χ0n) is 13.0. The number of hydrogen-bond acceptors (Lipinski definition) is 1. The second-order valence-corrected chi connectivity index (χ2v) is 5.30. The monoisotopic (exact) mass is 276 g/mol. The van der Waals surface area contributed by atoms with Crippen LogP contribution in [0.15, 0.2) is 24.3 Å². The first-order chi connectivity index (χ1) is 9.69. The minimum atomic E-state index is -0.107. The lowest BCUT2D eigenvalue weighted by molar-refractivity contribution is 0.249. The zero-order valence-corrected chi connectivity index (χ0v) is 13.0. The third-order valence-electron chi connectivity index (χ3n) is 3.71. The number of anilines is 1. The maximum Gasteiger partial charge on any atom is 0.319 e. The molecule has 0 radical (unpaired) electrons. The maximum absolute atomic E-state index is 11.8. The Morgan fingerprint density at radius 1 is 1.15 bits per heavy atom. The van der Waals surface area contributed by atoms with E-state index >= 15 is 0 Å². The molecule has 1 atom stereocenters. The number of amides is 2. The summed E-state index contributed by atoms with van der Waals surface area (Å²) in [6.07, 6.45) is 5.78. The summed E-state index contributed by atoms with van der Waals surface area (Å²) < 4.78 is 0. The highest BCUT2D eigenvalue weighted by Gasteiger charge is 2.08. The highest BCUT2D eigenvalue weighted by atomic mass is 16.2. The Labute approximate surface area is 123 Å². The third kappa shape index (κ3) is 6.09. The van der Waals surface area contributed by atoms with Gasteiger partial charge in [0.2, 0.25) is 0 Å². The fraction of sp³-hybridized carbons (Fsp3) is 0.588. The maximum atomic E-state index is 11.8. The Hall–Kier alpha value is -1.51. The molecule has 0 fully saturated rings. The van der Waals surface area contributed by atoms with Crippen molar-refractivity contribution in [1.82, 2.24) is 5.32 Å². The van der Waals surface area contributed by atoms with Crippen LogP contribution in [0.1, 0.15) is 52.0 Å². The van der Waals surface area contributed by atoms with Gasteiger partial charge in [-0.15, -0.1) is 0 Å². The van der Waals surface area contributed by atoms with Crippen molar-refractivity contribution in [3.05, 3.63) is 29.8 Å². The molecular weight excluding hydrogens is 248 g/mol. The SMILES string of the molecule is CCCCC(CC)CNC(=O)Nc1ccc(CC)cc1. The van der Waals surface area contributed by atoms with E-state index in [0.29, 0.717) is 5.92 Å². The van der Waals surface area contributed by atoms with Gasteiger partial charge in [0.05, 0.1) is 0 Å². The molecule has 0 saturated heterocycles. The average Bonchev–Trinajstić information content (AvgIpc) is 2.48. The van der Waals surface area contributed by atoms with Gasteiger partial charge in [0.25, 0.3) is 0 Å². The standard InChI is InChI=1S/C17H28N2O/c1-4-7-8-15(6-3)13-18-17(20)19-16-11-9-14(5-2)10-12-16/h9-12,15H,4-8,13H2,1-3H3,(H2,18,19,20). The van der Waals surface area contributed by atoms with E-state index in [0.717, 1.165) is 25.1 Å². The van der Waals surface area contributed by atoms with Crippen molar-refractivity contribution in [1.29, 1.82) is 0 Å². The third-order valence-corrected chi connectivity index (χ3v) is 3.71. The fourth-order valence-corrected chi connectivity index (χ4v) is 2.18. The molecule has 1 unspecified atom stereocenters. The molecule has 0 aromatic heterocycles. The quantitative estimate of drug-likeness (QED) is 0.716. The number of rotatable bonds is 8. The number of unbranched alkanes of at least 4 members (excludes halogenated alkanes) is 1. The van der Waals surface area contributed by atoms with Crippen LogP contribution in [0.5, 0.6) is 0 Å². The molecule has 1 aromatic carbocycles. The van der Waals surface area contributed by atoms with Crippen molar-refractivity contribution in [2.45, 2.75) is 52.9 Å². The van der Waals surface area contributed by atoms with Gasteiger partial charge in [-0.25, -0.2) is 4.79 Å². The van der Waals surface area contributed by atoms with E-state index in [1.807, 2.05) is 24.3 Å². The fourth-order valence-electron chi connectivity index (χ4n) is 2.18. The van der Waals surface area contributed by atoms with Gasteiger partial charge in [-0.1, -0.05) is 52.2 Å². The van der Waals surface area contributed by atoms with Gasteiger partial charge in [0.1, 0.15) is 0 Å². The average molecular weight is 276 g/mol. The molecule has 0 aliphatic rings. The predicted octanol–water partition coefficient (Wildman–Crippen LogP) is 4.59. The number of hydrogen-bond donors (Lipinski definition) is 2. The van der Waals surface area contributed by atoms with Gasteiger partial charge in [-0.2, -0.15) is 0 Å². The summed E-state index contributed by atoms with van der Waals surface area (Å²) in [7, 11) is 0. The Kier molecular flexibility index (Phi) is 7.78. The van der Waals surface area contributed by atoms with E-state index in [1.165, 1.54) is 24.8 Å². The number of carbonyl (C=O) groups is 1. The molecule has 2 N–H and O–H groups in total. The summed E-state index contributed by atoms with van der Waals surface area (Å²) in [6.45, 7) is 7.27. The van der Waals surface area contributed by atoms with E-state index in [1.54, 1.807) is 0 Å². The van der Waals surface area contributed by atoms with E-state index < -0.39 is 0 Å². The lowest BCUT2D eigenvalue weighted by Crippen LogP contribution is -2.33. The molecule has 0 aliphatic heterocycles. The van der Waals surface area contributed by atoms with Gasteiger partial charge in [-0.05, 0) is 36.5 Å². The van der Waals surface area contributed by atoms with Gasteiger partial charge >= 0.3 is 6.03 Å². The van der Waals surface area contributed by atoms with Crippen molar-refractivity contribution in [2.75, 3.05) is 11.9 Å². The Morgan fingerprint density at radius 2 is 1.85 bits per heavy atom. The van der Waals surface area contributed by atoms with Gasteiger partial charge in [0.15, 0.2) is 0 Å². The van der Waals surface area contributed by atoms with E-state index in [-0.39, 0.29) is 6.03 Å². The van der Waals surface area contributed by atoms with Gasteiger partial charge < -0.3 is 10.6 Å². The summed E-state index contributed by atoms with van der Waals surface area (Å²) in [4.78, 5) is 11.8. The van der Waals surface area contributed by atoms with Crippen LogP contribution in [0.25, 0.3) is 0 Å². The van der Waals surface area contributed by atoms with Crippen molar-refractivity contribution in [3.63, 3.8) is 0 Å². The van der Waals surface area contributed by atoms with Crippen LogP contribution in [-0.2, 0) is 6.42 Å². The number of aryl methyl sites for hydroxylation is 1. The van der Waals surface area contributed by atoms with Crippen molar-refractivity contribution >= 4 is 11.7 Å². The molecule has 0 saturated carbocycles. The molecule has 0 bridgehead atoms. The second kappa shape index (κ2) is 9.40. The van der Waals surface area contributed by atoms with Crippen LogP contribution >= 0.6 is 0 Å². The second-order valence-electron chi connectivity index (χ2n) is 5.30. The predicted molar refractivity (Wildman–Crippen MR) is 86.1 cm³/mol. The molecule has 3 nitrogen and oxygen atoms in total. The summed E-state index contributed by atoms with van der Waals surface area (Å²) >= 11 is 0. The number of carbonyl (C=O) groups excluding carboxylic acids is 1. The summed E-state index contributed by atoms with van der Waals surface area (Å²) in [5.74, 6) is 0.586. The minimum absolute atomic E-state index is 0.107. The van der Waals surface area contributed by atoms with Crippen LogP contribution in [0.2, 0.25) is 0 Å². The Morgan fingerprint density at radius 3 is 2.40 bits per heavy atom. The number of urea groups is 1. The molecule has 0 aliphatic carbocycles. The molecule has 3 heteroatoms. The molecule has 112 valence electrons. The lowest BCUT2D eigenvalue weighted by atomic mass is 9.99. The molecule has 1 rings (SSSR count). The van der Waals surface area contributed by atoms with Crippen LogP contribution in [0.4, 0.5) is 10.5 Å². The number of nitrogens with one attached hydrogen (secondary N) is 2. The van der Waals surface area contributed by atoms with E-state index in [4.69, 9.17) is 0 Å². The highest BCUT2D eigenvalue weighted by molar-refractivity contribution is 5.89. The smallest absolute Gasteiger partial charge is 0.319 e.